The minimum absolute atomic E-state index is 0.0296. The zero-order valence-electron chi connectivity index (χ0n) is 16.6. The van der Waals surface area contributed by atoms with E-state index >= 15 is 0 Å². The Bertz CT molecular complexity index is 973. The van der Waals surface area contributed by atoms with E-state index in [9.17, 15) is 18.0 Å². The monoisotopic (exact) mass is 452 g/mol. The molecule has 0 spiro atoms. The fraction of sp³-hybridized carbons (Fsp3) is 0.526. The van der Waals surface area contributed by atoms with Crippen LogP contribution in [0.25, 0.3) is 0 Å². The summed E-state index contributed by atoms with van der Waals surface area (Å²) in [6, 6.07) is 6.99. The summed E-state index contributed by atoms with van der Waals surface area (Å²) in [4.78, 5) is 32.5. The topological polar surface area (TPSA) is 108 Å². The number of fused-ring (bicyclic) bond motifs is 1. The van der Waals surface area contributed by atoms with E-state index in [4.69, 9.17) is 4.74 Å². The number of thioether (sulfide) groups is 1. The van der Waals surface area contributed by atoms with Gasteiger partial charge in [-0.2, -0.15) is 0 Å². The Morgan fingerprint density at radius 1 is 1.20 bits per heavy atom. The summed E-state index contributed by atoms with van der Waals surface area (Å²) in [5.74, 6) is 0.172. The summed E-state index contributed by atoms with van der Waals surface area (Å²) < 4.78 is 28.4. The van der Waals surface area contributed by atoms with Gasteiger partial charge in [0.15, 0.2) is 15.0 Å². The van der Waals surface area contributed by atoms with E-state index < -0.39 is 9.84 Å². The first-order valence-corrected chi connectivity index (χ1v) is 12.6. The number of amides is 2. The Kier molecular flexibility index (Phi) is 5.92. The van der Waals surface area contributed by atoms with Crippen LogP contribution in [-0.2, 0) is 14.6 Å². The minimum atomic E-state index is -2.98. The van der Waals surface area contributed by atoms with Crippen LogP contribution in [0.2, 0.25) is 0 Å². The lowest BCUT2D eigenvalue weighted by molar-refractivity contribution is 0.0570. The number of amidine groups is 1. The second kappa shape index (κ2) is 8.46. The minimum Gasteiger partial charge on any atom is -0.450 e. The highest BCUT2D eigenvalue weighted by Gasteiger charge is 2.42. The average molecular weight is 453 g/mol. The second-order valence-corrected chi connectivity index (χ2v) is 10.8. The lowest BCUT2D eigenvalue weighted by Gasteiger charge is -2.34. The summed E-state index contributed by atoms with van der Waals surface area (Å²) in [6.45, 7) is 3.90. The van der Waals surface area contributed by atoms with Crippen LogP contribution in [0.5, 0.6) is 0 Å². The number of hydrogen-bond donors (Lipinski definition) is 1. The van der Waals surface area contributed by atoms with Crippen LogP contribution >= 0.6 is 11.8 Å². The zero-order valence-corrected chi connectivity index (χ0v) is 18.2. The number of hydrogen-bond acceptors (Lipinski definition) is 8. The normalized spacial score (nSPS) is 24.9. The van der Waals surface area contributed by atoms with Crippen LogP contribution in [0.3, 0.4) is 0 Å². The van der Waals surface area contributed by atoms with Crippen molar-refractivity contribution in [2.45, 2.75) is 18.2 Å². The number of anilines is 1. The molecule has 0 aliphatic carbocycles. The number of sulfone groups is 1. The second-order valence-electron chi connectivity index (χ2n) is 7.42. The zero-order chi connectivity index (χ0) is 21.3. The Morgan fingerprint density at radius 2 is 1.93 bits per heavy atom. The van der Waals surface area contributed by atoms with Gasteiger partial charge in [0.05, 0.1) is 24.2 Å². The lowest BCUT2D eigenvalue weighted by Crippen LogP contribution is -2.50. The number of benzene rings is 1. The number of ether oxygens (including phenoxy) is 1. The molecule has 30 heavy (non-hydrogen) atoms. The van der Waals surface area contributed by atoms with Crippen molar-refractivity contribution in [1.29, 1.82) is 0 Å². The van der Waals surface area contributed by atoms with Crippen molar-refractivity contribution in [3.63, 3.8) is 0 Å². The highest BCUT2D eigenvalue weighted by atomic mass is 32.2. The third-order valence-corrected chi connectivity index (χ3v) is 8.41. The summed E-state index contributed by atoms with van der Waals surface area (Å²) in [5.41, 5.74) is 1.29. The Labute approximate surface area is 179 Å². The highest BCUT2D eigenvalue weighted by Crippen LogP contribution is 2.34. The SMILES string of the molecule is CCOC(=O)N1CCN(C(=O)c2cccc(NC3=N[C@@H]4CS(=O)(=O)C[C@@H]4S3)c2)CC1. The summed E-state index contributed by atoms with van der Waals surface area (Å²) in [5, 5.41) is 3.87. The van der Waals surface area contributed by atoms with E-state index in [1.165, 1.54) is 11.8 Å². The molecule has 1 N–H and O–H groups in total. The Morgan fingerprint density at radius 3 is 2.63 bits per heavy atom. The molecule has 11 heteroatoms. The third kappa shape index (κ3) is 4.56. The van der Waals surface area contributed by atoms with Crippen LogP contribution in [0.15, 0.2) is 29.3 Å². The standard InChI is InChI=1S/C19H24N4O5S2/c1-2-28-19(25)23-8-6-22(7-9-23)17(24)13-4-3-5-14(10-13)20-18-21-15-11-30(26,27)12-16(15)29-18/h3-5,10,15-16H,2,6-9,11-12H2,1H3,(H,20,21)/t15-,16+/m1/s1. The molecule has 4 rings (SSSR count). The molecule has 2 amide bonds. The maximum atomic E-state index is 12.9. The molecular weight excluding hydrogens is 428 g/mol. The van der Waals surface area contributed by atoms with Gasteiger partial charge in [0, 0.05) is 42.7 Å². The van der Waals surface area contributed by atoms with Crippen molar-refractivity contribution in [2.75, 3.05) is 49.6 Å². The summed E-state index contributed by atoms with van der Waals surface area (Å²) >= 11 is 1.44. The molecule has 2 fully saturated rings. The van der Waals surface area contributed by atoms with Crippen molar-refractivity contribution in [2.24, 2.45) is 4.99 Å². The highest BCUT2D eigenvalue weighted by molar-refractivity contribution is 8.15. The van der Waals surface area contributed by atoms with Gasteiger partial charge < -0.3 is 19.9 Å². The molecule has 3 heterocycles. The number of carbonyl (C=O) groups excluding carboxylic acids is 2. The molecule has 1 aromatic rings. The molecule has 0 saturated carbocycles. The predicted molar refractivity (Wildman–Crippen MR) is 116 cm³/mol. The summed E-state index contributed by atoms with van der Waals surface area (Å²) in [6.07, 6.45) is -0.344. The van der Waals surface area contributed by atoms with Crippen LogP contribution in [-0.4, -0.2) is 91.0 Å². The molecule has 2 atom stereocenters. The first kappa shape index (κ1) is 21.0. The van der Waals surface area contributed by atoms with Gasteiger partial charge in [-0.1, -0.05) is 17.8 Å². The lowest BCUT2D eigenvalue weighted by atomic mass is 10.1. The number of nitrogens with zero attached hydrogens (tertiary/aromatic N) is 3. The largest absolute Gasteiger partial charge is 0.450 e. The maximum absolute atomic E-state index is 12.9. The molecule has 0 bridgehead atoms. The van der Waals surface area contributed by atoms with Crippen LogP contribution < -0.4 is 5.32 Å². The van der Waals surface area contributed by atoms with Crippen molar-refractivity contribution in [3.05, 3.63) is 29.8 Å². The predicted octanol–water partition coefficient (Wildman–Crippen LogP) is 1.28. The molecule has 0 aromatic heterocycles. The third-order valence-electron chi connectivity index (χ3n) is 5.27. The molecule has 3 aliphatic heterocycles. The maximum Gasteiger partial charge on any atom is 0.409 e. The van der Waals surface area contributed by atoms with E-state index in [0.717, 1.165) is 5.69 Å². The smallest absolute Gasteiger partial charge is 0.409 e. The van der Waals surface area contributed by atoms with Crippen molar-refractivity contribution >= 4 is 44.5 Å². The van der Waals surface area contributed by atoms with E-state index in [-0.39, 0.29) is 34.8 Å². The fourth-order valence-corrected chi connectivity index (χ4v) is 7.43. The van der Waals surface area contributed by atoms with Gasteiger partial charge in [-0.15, -0.1) is 0 Å². The van der Waals surface area contributed by atoms with Gasteiger partial charge in [-0.05, 0) is 25.1 Å². The van der Waals surface area contributed by atoms with Crippen molar-refractivity contribution < 1.29 is 22.7 Å². The van der Waals surface area contributed by atoms with E-state index in [1.807, 2.05) is 6.07 Å². The molecule has 162 valence electrons. The number of aliphatic imine (C=N–C) groups is 1. The number of rotatable bonds is 3. The van der Waals surface area contributed by atoms with Crippen LogP contribution in [0.4, 0.5) is 10.5 Å². The van der Waals surface area contributed by atoms with Crippen LogP contribution in [0, 0.1) is 0 Å². The first-order valence-electron chi connectivity index (χ1n) is 9.87. The fourth-order valence-electron chi connectivity index (χ4n) is 3.76. The van der Waals surface area contributed by atoms with Gasteiger partial charge in [0.1, 0.15) is 0 Å². The number of nitrogens with one attached hydrogen (secondary N) is 1. The molecule has 3 aliphatic rings. The van der Waals surface area contributed by atoms with Crippen molar-refractivity contribution in [3.8, 4) is 0 Å². The van der Waals surface area contributed by atoms with E-state index in [1.54, 1.807) is 34.9 Å². The summed E-state index contributed by atoms with van der Waals surface area (Å²) in [7, 11) is -2.98. The Hall–Kier alpha value is -2.27. The Balaban J connectivity index is 1.36. The quantitative estimate of drug-likeness (QED) is 0.736. The van der Waals surface area contributed by atoms with Gasteiger partial charge in [-0.3, -0.25) is 9.79 Å². The molecule has 2 saturated heterocycles. The molecule has 0 radical (unpaired) electrons. The molecule has 1 aromatic carbocycles. The first-order chi connectivity index (χ1) is 14.3. The van der Waals surface area contributed by atoms with Gasteiger partial charge in [-0.25, -0.2) is 13.2 Å². The van der Waals surface area contributed by atoms with Gasteiger partial charge in [0.25, 0.3) is 5.91 Å². The molecule has 0 unspecified atom stereocenters. The molecule has 9 nitrogen and oxygen atoms in total. The average Bonchev–Trinajstić information content (AvgIpc) is 3.20. The van der Waals surface area contributed by atoms with Gasteiger partial charge >= 0.3 is 6.09 Å². The number of carbonyl (C=O) groups is 2. The van der Waals surface area contributed by atoms with E-state index in [0.29, 0.717) is 43.5 Å². The van der Waals surface area contributed by atoms with E-state index in [2.05, 4.69) is 10.3 Å². The van der Waals surface area contributed by atoms with Gasteiger partial charge in [0.2, 0.25) is 0 Å². The van der Waals surface area contributed by atoms with Crippen LogP contribution in [0.1, 0.15) is 17.3 Å². The molecular formula is C19H24N4O5S2. The number of piperazine rings is 1. The van der Waals surface area contributed by atoms with Crippen molar-refractivity contribution in [1.82, 2.24) is 9.80 Å².